The summed E-state index contributed by atoms with van der Waals surface area (Å²) >= 11 is 1.64. The zero-order valence-corrected chi connectivity index (χ0v) is 12.4. The van der Waals surface area contributed by atoms with Crippen LogP contribution >= 0.6 is 11.8 Å². The molecule has 0 radical (unpaired) electrons. The van der Waals surface area contributed by atoms with E-state index in [-0.39, 0.29) is 0 Å². The largest absolute Gasteiger partial charge is 0.233 e. The monoisotopic (exact) mass is 291 g/mol. The van der Waals surface area contributed by atoms with Gasteiger partial charge in [0.05, 0.1) is 17.1 Å². The number of thioether (sulfide) groups is 1. The van der Waals surface area contributed by atoms with E-state index in [4.69, 9.17) is 5.26 Å². The number of nitrogens with zero attached hydrogens (tertiary/aromatic N) is 3. The molecule has 0 unspecified atom stereocenters. The summed E-state index contributed by atoms with van der Waals surface area (Å²) in [5.74, 6) is 1.49. The highest BCUT2D eigenvalue weighted by atomic mass is 32.2. The van der Waals surface area contributed by atoms with E-state index in [1.165, 1.54) is 0 Å². The number of aryl methyl sites for hydroxylation is 1. The normalized spacial score (nSPS) is 10.5. The molecule has 0 saturated carbocycles. The lowest BCUT2D eigenvalue weighted by Gasteiger charge is -2.07. The number of rotatable bonds is 3. The Hall–Kier alpha value is -2.38. The molecule has 0 amide bonds. The van der Waals surface area contributed by atoms with Gasteiger partial charge < -0.3 is 0 Å². The van der Waals surface area contributed by atoms with Gasteiger partial charge in [-0.2, -0.15) is 5.26 Å². The van der Waals surface area contributed by atoms with Gasteiger partial charge in [0.25, 0.3) is 0 Å². The van der Waals surface area contributed by atoms with Crippen molar-refractivity contribution in [2.24, 2.45) is 0 Å². The Kier molecular flexibility index (Phi) is 3.85. The molecule has 0 fully saturated rings. The Morgan fingerprint density at radius 1 is 1.05 bits per heavy atom. The fraction of sp³-hybridized carbons (Fsp3) is 0.118. The van der Waals surface area contributed by atoms with Crippen molar-refractivity contribution in [1.82, 2.24) is 9.97 Å². The van der Waals surface area contributed by atoms with Crippen molar-refractivity contribution in [3.05, 3.63) is 65.5 Å². The molecule has 0 atom stereocenters. The second-order valence-electron chi connectivity index (χ2n) is 4.65. The maximum Gasteiger partial charge on any atom is 0.127 e. The lowest BCUT2D eigenvalue weighted by molar-refractivity contribution is 1.01. The van der Waals surface area contributed by atoms with Gasteiger partial charge in [-0.15, -0.1) is 11.8 Å². The number of fused-ring (bicyclic) bond motifs is 1. The van der Waals surface area contributed by atoms with Crippen LogP contribution in [0.5, 0.6) is 0 Å². The summed E-state index contributed by atoms with van der Waals surface area (Å²) in [5.41, 5.74) is 2.71. The van der Waals surface area contributed by atoms with E-state index in [1.54, 1.807) is 11.8 Å². The molecular formula is C17H13N3S. The van der Waals surface area contributed by atoms with Crippen LogP contribution in [0.2, 0.25) is 0 Å². The highest BCUT2D eigenvalue weighted by Crippen LogP contribution is 2.28. The van der Waals surface area contributed by atoms with E-state index in [2.05, 4.69) is 16.0 Å². The van der Waals surface area contributed by atoms with Gasteiger partial charge in [0.15, 0.2) is 0 Å². The Balaban J connectivity index is 1.94. The Bertz CT molecular complexity index is 837. The standard InChI is InChI=1S/C17H13N3S/c1-12-19-16-9-5-4-8-15(16)17(20-12)21-11-14-7-3-2-6-13(14)10-18/h2-9H,11H2,1H3. The third-order valence-corrected chi connectivity index (χ3v) is 4.22. The summed E-state index contributed by atoms with van der Waals surface area (Å²) in [6, 6.07) is 17.9. The maximum atomic E-state index is 9.15. The molecule has 3 rings (SSSR count). The second-order valence-corrected chi connectivity index (χ2v) is 5.61. The molecule has 0 aliphatic carbocycles. The molecule has 0 aliphatic rings. The van der Waals surface area contributed by atoms with E-state index in [0.717, 1.165) is 38.6 Å². The minimum atomic E-state index is 0.722. The predicted octanol–water partition coefficient (Wildman–Crippen LogP) is 4.10. The number of aromatic nitrogens is 2. The first-order valence-electron chi connectivity index (χ1n) is 6.62. The van der Waals surface area contributed by atoms with Gasteiger partial charge in [0.2, 0.25) is 0 Å². The van der Waals surface area contributed by atoms with Crippen LogP contribution in [-0.2, 0) is 5.75 Å². The SMILES string of the molecule is Cc1nc(SCc2ccccc2C#N)c2ccccc2n1. The molecule has 3 aromatic rings. The molecule has 0 N–H and O–H groups in total. The average molecular weight is 291 g/mol. The molecule has 0 bridgehead atoms. The summed E-state index contributed by atoms with van der Waals surface area (Å²) in [4.78, 5) is 8.99. The summed E-state index contributed by atoms with van der Waals surface area (Å²) < 4.78 is 0. The minimum absolute atomic E-state index is 0.722. The third-order valence-electron chi connectivity index (χ3n) is 3.18. The van der Waals surface area contributed by atoms with Crippen LogP contribution in [0.4, 0.5) is 0 Å². The van der Waals surface area contributed by atoms with Crippen molar-refractivity contribution in [3.63, 3.8) is 0 Å². The van der Waals surface area contributed by atoms with Gasteiger partial charge in [-0.25, -0.2) is 9.97 Å². The number of hydrogen-bond donors (Lipinski definition) is 0. The zero-order valence-electron chi connectivity index (χ0n) is 11.6. The lowest BCUT2D eigenvalue weighted by atomic mass is 10.1. The first-order chi connectivity index (χ1) is 10.3. The van der Waals surface area contributed by atoms with Crippen LogP contribution < -0.4 is 0 Å². The molecule has 2 aromatic carbocycles. The van der Waals surface area contributed by atoms with Gasteiger partial charge in [0, 0.05) is 11.1 Å². The number of hydrogen-bond acceptors (Lipinski definition) is 4. The van der Waals surface area contributed by atoms with Crippen LogP contribution in [0.1, 0.15) is 17.0 Å². The van der Waals surface area contributed by atoms with Gasteiger partial charge in [-0.05, 0) is 24.6 Å². The molecule has 21 heavy (non-hydrogen) atoms. The summed E-state index contributed by atoms with van der Waals surface area (Å²) in [6.07, 6.45) is 0. The number of nitriles is 1. The highest BCUT2D eigenvalue weighted by molar-refractivity contribution is 7.98. The fourth-order valence-electron chi connectivity index (χ4n) is 2.17. The van der Waals surface area contributed by atoms with Crippen LogP contribution in [0.15, 0.2) is 53.6 Å². The van der Waals surface area contributed by atoms with Crippen molar-refractivity contribution in [2.45, 2.75) is 17.7 Å². The van der Waals surface area contributed by atoms with E-state index < -0.39 is 0 Å². The van der Waals surface area contributed by atoms with Crippen LogP contribution in [-0.4, -0.2) is 9.97 Å². The number of para-hydroxylation sites is 1. The van der Waals surface area contributed by atoms with Crippen LogP contribution in [0.3, 0.4) is 0 Å². The van der Waals surface area contributed by atoms with Gasteiger partial charge in [-0.3, -0.25) is 0 Å². The predicted molar refractivity (Wildman–Crippen MR) is 85.0 cm³/mol. The van der Waals surface area contributed by atoms with Crippen LogP contribution in [0, 0.1) is 18.3 Å². The van der Waals surface area contributed by atoms with Crippen molar-refractivity contribution in [2.75, 3.05) is 0 Å². The van der Waals surface area contributed by atoms with E-state index in [9.17, 15) is 0 Å². The lowest BCUT2D eigenvalue weighted by Crippen LogP contribution is -1.93. The Morgan fingerprint density at radius 2 is 1.81 bits per heavy atom. The molecule has 1 heterocycles. The molecule has 3 nitrogen and oxygen atoms in total. The van der Waals surface area contributed by atoms with E-state index in [0.29, 0.717) is 0 Å². The molecule has 0 aliphatic heterocycles. The van der Waals surface area contributed by atoms with Crippen molar-refractivity contribution in [3.8, 4) is 6.07 Å². The topological polar surface area (TPSA) is 49.6 Å². The molecule has 0 saturated heterocycles. The third kappa shape index (κ3) is 2.88. The fourth-order valence-corrected chi connectivity index (χ4v) is 3.24. The van der Waals surface area contributed by atoms with Gasteiger partial charge in [-0.1, -0.05) is 36.4 Å². The average Bonchev–Trinajstić information content (AvgIpc) is 2.52. The molecule has 102 valence electrons. The van der Waals surface area contributed by atoms with Gasteiger partial charge >= 0.3 is 0 Å². The van der Waals surface area contributed by atoms with Crippen molar-refractivity contribution in [1.29, 1.82) is 5.26 Å². The van der Waals surface area contributed by atoms with Gasteiger partial charge in [0.1, 0.15) is 10.9 Å². The van der Waals surface area contributed by atoms with Crippen LogP contribution in [0.25, 0.3) is 10.9 Å². The summed E-state index contributed by atoms with van der Waals surface area (Å²) in [5, 5.41) is 11.2. The van der Waals surface area contributed by atoms with Crippen molar-refractivity contribution >= 4 is 22.7 Å². The van der Waals surface area contributed by atoms with E-state index >= 15 is 0 Å². The highest BCUT2D eigenvalue weighted by Gasteiger charge is 2.08. The Labute approximate surface area is 127 Å². The first-order valence-corrected chi connectivity index (χ1v) is 7.60. The second kappa shape index (κ2) is 5.94. The molecule has 1 aromatic heterocycles. The maximum absolute atomic E-state index is 9.15. The van der Waals surface area contributed by atoms with Crippen molar-refractivity contribution < 1.29 is 0 Å². The Morgan fingerprint density at radius 3 is 2.67 bits per heavy atom. The number of benzene rings is 2. The molecule has 0 spiro atoms. The zero-order chi connectivity index (χ0) is 14.7. The van der Waals surface area contributed by atoms with E-state index in [1.807, 2.05) is 55.5 Å². The minimum Gasteiger partial charge on any atom is -0.233 e. The summed E-state index contributed by atoms with van der Waals surface area (Å²) in [6.45, 7) is 1.90. The quantitative estimate of drug-likeness (QED) is 0.538. The molecule has 4 heteroatoms. The molecular weight excluding hydrogens is 278 g/mol. The first kappa shape index (κ1) is 13.6. The smallest absolute Gasteiger partial charge is 0.127 e. The summed E-state index contributed by atoms with van der Waals surface area (Å²) in [7, 11) is 0.